The number of benzene rings is 2. The average molecular weight is 546 g/mol. The third-order valence-electron chi connectivity index (χ3n) is 5.69. The van der Waals surface area contributed by atoms with Crippen molar-refractivity contribution >= 4 is 29.4 Å². The number of hydrogen-bond acceptors (Lipinski definition) is 9. The summed E-state index contributed by atoms with van der Waals surface area (Å²) in [4.78, 5) is 41.5. The van der Waals surface area contributed by atoms with E-state index < -0.39 is 23.6 Å². The molecule has 2 aromatic carbocycles. The minimum Gasteiger partial charge on any atom is -0.466 e. The van der Waals surface area contributed by atoms with Crippen LogP contribution >= 0.6 is 0 Å². The van der Waals surface area contributed by atoms with Crippen molar-refractivity contribution in [3.05, 3.63) is 77.7 Å². The molecule has 0 bridgehead atoms. The van der Waals surface area contributed by atoms with Gasteiger partial charge in [-0.1, -0.05) is 30.3 Å². The SMILES string of the molecule is CCOC(=O)Cc1cccc(OC(=O)c2cc(-c3cccc(CNC(=O)OC(C)(C)C)c3)cn3ncnc23)c1N. The van der Waals surface area contributed by atoms with E-state index in [2.05, 4.69) is 15.4 Å². The zero-order valence-electron chi connectivity index (χ0n) is 22.8. The second-order valence-corrected chi connectivity index (χ2v) is 9.93. The summed E-state index contributed by atoms with van der Waals surface area (Å²) in [6.07, 6.45) is 2.52. The largest absolute Gasteiger partial charge is 0.466 e. The minimum atomic E-state index is -0.692. The van der Waals surface area contributed by atoms with Gasteiger partial charge in [-0.15, -0.1) is 0 Å². The second kappa shape index (κ2) is 11.9. The zero-order valence-corrected chi connectivity index (χ0v) is 22.8. The number of anilines is 1. The lowest BCUT2D eigenvalue weighted by atomic mass is 10.0. The summed E-state index contributed by atoms with van der Waals surface area (Å²) in [5.41, 5.74) is 9.03. The number of carbonyl (C=O) groups is 3. The molecular weight excluding hydrogens is 514 g/mol. The maximum absolute atomic E-state index is 13.3. The molecule has 0 unspecified atom stereocenters. The van der Waals surface area contributed by atoms with Crippen LogP contribution in [0, 0.1) is 0 Å². The Bertz CT molecular complexity index is 1560. The number of ether oxygens (including phenoxy) is 3. The fourth-order valence-electron chi connectivity index (χ4n) is 3.94. The Hall–Kier alpha value is -4.93. The fourth-order valence-corrected chi connectivity index (χ4v) is 3.94. The zero-order chi connectivity index (χ0) is 28.9. The lowest BCUT2D eigenvalue weighted by Crippen LogP contribution is -2.32. The number of carbonyl (C=O) groups excluding carboxylic acids is 3. The number of amides is 1. The average Bonchev–Trinajstić information content (AvgIpc) is 3.37. The molecule has 0 spiro atoms. The number of alkyl carbamates (subject to hydrolysis) is 1. The second-order valence-electron chi connectivity index (χ2n) is 9.93. The highest BCUT2D eigenvalue weighted by Crippen LogP contribution is 2.29. The quantitative estimate of drug-likeness (QED) is 0.188. The Morgan fingerprint density at radius 3 is 2.58 bits per heavy atom. The van der Waals surface area contributed by atoms with Gasteiger partial charge in [-0.2, -0.15) is 5.10 Å². The molecule has 0 radical (unpaired) electrons. The number of nitrogens with one attached hydrogen (secondary N) is 1. The summed E-state index contributed by atoms with van der Waals surface area (Å²) >= 11 is 0. The molecule has 208 valence electrons. The first-order valence-corrected chi connectivity index (χ1v) is 12.7. The molecule has 11 heteroatoms. The standard InChI is InChI=1S/C29H31N5O6/c1-5-38-24(35)14-20-10-7-11-23(25(20)30)39-27(36)22-13-21(16-34-26(22)32-17-33-34)19-9-6-8-18(12-19)15-31-28(37)40-29(2,3)4/h6-13,16-17H,5,14-15,30H2,1-4H3,(H,31,37). The van der Waals surface area contributed by atoms with Crippen molar-refractivity contribution in [1.29, 1.82) is 0 Å². The molecule has 40 heavy (non-hydrogen) atoms. The van der Waals surface area contributed by atoms with Gasteiger partial charge < -0.3 is 25.3 Å². The Labute approximate surface area is 231 Å². The van der Waals surface area contributed by atoms with Crippen LogP contribution in [0.2, 0.25) is 0 Å². The lowest BCUT2D eigenvalue weighted by Gasteiger charge is -2.19. The molecule has 0 aliphatic rings. The van der Waals surface area contributed by atoms with Crippen molar-refractivity contribution in [3.8, 4) is 16.9 Å². The predicted octanol–water partition coefficient (Wildman–Crippen LogP) is 4.33. The number of rotatable bonds is 8. The van der Waals surface area contributed by atoms with Crippen molar-refractivity contribution in [2.24, 2.45) is 0 Å². The van der Waals surface area contributed by atoms with Crippen LogP contribution < -0.4 is 15.8 Å². The van der Waals surface area contributed by atoms with E-state index in [4.69, 9.17) is 19.9 Å². The highest BCUT2D eigenvalue weighted by Gasteiger charge is 2.20. The molecule has 2 aromatic heterocycles. The number of nitrogen functional groups attached to an aromatic ring is 1. The molecule has 2 heterocycles. The molecule has 0 fully saturated rings. The topological polar surface area (TPSA) is 147 Å². The van der Waals surface area contributed by atoms with E-state index in [9.17, 15) is 14.4 Å². The number of para-hydroxylation sites is 1. The van der Waals surface area contributed by atoms with Crippen LogP contribution in [-0.4, -0.2) is 44.8 Å². The van der Waals surface area contributed by atoms with Crippen LogP contribution in [0.25, 0.3) is 16.8 Å². The summed E-state index contributed by atoms with van der Waals surface area (Å²) in [5, 5.41) is 6.94. The molecule has 0 atom stereocenters. The molecule has 4 aromatic rings. The van der Waals surface area contributed by atoms with Crippen LogP contribution in [0.3, 0.4) is 0 Å². The van der Waals surface area contributed by atoms with E-state index in [1.165, 1.54) is 10.8 Å². The summed E-state index contributed by atoms with van der Waals surface area (Å²) in [6.45, 7) is 7.61. The number of esters is 2. The van der Waals surface area contributed by atoms with Crippen LogP contribution in [0.15, 0.2) is 61.1 Å². The van der Waals surface area contributed by atoms with Crippen LogP contribution in [-0.2, 0) is 27.2 Å². The molecule has 1 amide bonds. The van der Waals surface area contributed by atoms with Gasteiger partial charge >= 0.3 is 18.0 Å². The number of aromatic nitrogens is 3. The molecule has 4 rings (SSSR count). The van der Waals surface area contributed by atoms with Gasteiger partial charge in [0.15, 0.2) is 11.4 Å². The third-order valence-corrected chi connectivity index (χ3v) is 5.69. The Balaban J connectivity index is 1.58. The van der Waals surface area contributed by atoms with Gasteiger partial charge in [0, 0.05) is 18.3 Å². The van der Waals surface area contributed by atoms with E-state index in [0.717, 1.165) is 11.1 Å². The smallest absolute Gasteiger partial charge is 0.407 e. The maximum Gasteiger partial charge on any atom is 0.407 e. The van der Waals surface area contributed by atoms with Gasteiger partial charge in [0.2, 0.25) is 0 Å². The monoisotopic (exact) mass is 545 g/mol. The molecule has 3 N–H and O–H groups in total. The minimum absolute atomic E-state index is 0.0475. The highest BCUT2D eigenvalue weighted by molar-refractivity contribution is 5.99. The van der Waals surface area contributed by atoms with Crippen LogP contribution in [0.4, 0.5) is 10.5 Å². The summed E-state index contributed by atoms with van der Waals surface area (Å²) < 4.78 is 17.4. The first-order valence-electron chi connectivity index (χ1n) is 12.7. The van der Waals surface area contributed by atoms with E-state index >= 15 is 0 Å². The molecule has 0 saturated carbocycles. The number of hydrogen-bond donors (Lipinski definition) is 2. The number of nitrogens with two attached hydrogens (primary N) is 1. The van der Waals surface area contributed by atoms with Crippen molar-refractivity contribution < 1.29 is 28.6 Å². The van der Waals surface area contributed by atoms with Gasteiger partial charge in [0.05, 0.1) is 18.7 Å². The Morgan fingerprint density at radius 1 is 1.05 bits per heavy atom. The van der Waals surface area contributed by atoms with Crippen LogP contribution in [0.1, 0.15) is 49.2 Å². The summed E-state index contributed by atoms with van der Waals surface area (Å²) in [5.74, 6) is -1.01. The maximum atomic E-state index is 13.3. The molecule has 11 nitrogen and oxygen atoms in total. The van der Waals surface area contributed by atoms with Gasteiger partial charge in [-0.3, -0.25) is 4.79 Å². The Morgan fingerprint density at radius 2 is 1.82 bits per heavy atom. The Kier molecular flexibility index (Phi) is 8.32. The van der Waals surface area contributed by atoms with E-state index in [0.29, 0.717) is 16.8 Å². The van der Waals surface area contributed by atoms with E-state index in [-0.39, 0.29) is 36.6 Å². The van der Waals surface area contributed by atoms with Crippen LogP contribution in [0.5, 0.6) is 5.75 Å². The fraction of sp³-hybridized carbons (Fsp3) is 0.276. The molecule has 0 aliphatic heterocycles. The molecular formula is C29H31N5O6. The first-order chi connectivity index (χ1) is 19.0. The van der Waals surface area contributed by atoms with Crippen molar-refractivity contribution in [2.75, 3.05) is 12.3 Å². The molecule has 0 saturated heterocycles. The van der Waals surface area contributed by atoms with Crippen molar-refractivity contribution in [3.63, 3.8) is 0 Å². The van der Waals surface area contributed by atoms with Gasteiger partial charge in [0.25, 0.3) is 0 Å². The van der Waals surface area contributed by atoms with Crippen molar-refractivity contribution in [1.82, 2.24) is 19.9 Å². The highest BCUT2D eigenvalue weighted by atomic mass is 16.6. The molecule has 0 aliphatic carbocycles. The van der Waals surface area contributed by atoms with E-state index in [1.54, 1.807) is 58.2 Å². The van der Waals surface area contributed by atoms with Gasteiger partial charge in [-0.25, -0.2) is 19.1 Å². The summed E-state index contributed by atoms with van der Waals surface area (Å²) in [6, 6.07) is 14.0. The van der Waals surface area contributed by atoms with E-state index in [1.807, 2.05) is 24.3 Å². The number of pyridine rings is 1. The third kappa shape index (κ3) is 6.93. The van der Waals surface area contributed by atoms with Gasteiger partial charge in [0.1, 0.15) is 17.5 Å². The number of nitrogens with zero attached hydrogens (tertiary/aromatic N) is 3. The lowest BCUT2D eigenvalue weighted by molar-refractivity contribution is -0.142. The first kappa shape index (κ1) is 28.1. The van der Waals surface area contributed by atoms with Gasteiger partial charge in [-0.05, 0) is 62.6 Å². The van der Waals surface area contributed by atoms with Crippen molar-refractivity contribution in [2.45, 2.75) is 46.3 Å². The normalized spacial score (nSPS) is 11.2. The predicted molar refractivity (Wildman–Crippen MR) is 148 cm³/mol. The number of fused-ring (bicyclic) bond motifs is 1. The summed E-state index contributed by atoms with van der Waals surface area (Å²) in [7, 11) is 0.